The normalized spacial score (nSPS) is 26.8. The van der Waals surface area contributed by atoms with Gasteiger partial charge in [-0.15, -0.1) is 0 Å². The van der Waals surface area contributed by atoms with Gasteiger partial charge in [0.2, 0.25) is 13.6 Å². The maximum atomic E-state index is 6.63. The van der Waals surface area contributed by atoms with E-state index in [2.05, 4.69) is 0 Å². The summed E-state index contributed by atoms with van der Waals surface area (Å²) in [5, 5.41) is 0. The molecule has 0 aromatic heterocycles. The molecule has 0 amide bonds. The molecule has 1 saturated heterocycles. The number of fused-ring (bicyclic) bond motifs is 2. The van der Waals surface area contributed by atoms with Crippen molar-refractivity contribution >= 4 is 0 Å². The molecule has 0 saturated carbocycles. The molecule has 4 atom stereocenters. The maximum absolute atomic E-state index is 6.63. The first kappa shape index (κ1) is 18.5. The fourth-order valence-electron chi connectivity index (χ4n) is 4.45. The highest BCUT2D eigenvalue weighted by atomic mass is 16.7. The smallest absolute Gasteiger partial charge is 0.231 e. The van der Waals surface area contributed by atoms with E-state index in [0.29, 0.717) is 13.2 Å². The Bertz CT molecular complexity index is 812. The van der Waals surface area contributed by atoms with Crippen molar-refractivity contribution in [3.05, 3.63) is 47.5 Å². The van der Waals surface area contributed by atoms with Crippen molar-refractivity contribution in [1.29, 1.82) is 0 Å². The number of rotatable bonds is 6. The number of ether oxygens (including phenoxy) is 7. The summed E-state index contributed by atoms with van der Waals surface area (Å²) in [6.07, 6.45) is -0.306. The van der Waals surface area contributed by atoms with Crippen LogP contribution >= 0.6 is 0 Å². The van der Waals surface area contributed by atoms with Crippen molar-refractivity contribution in [2.24, 2.45) is 11.8 Å². The van der Waals surface area contributed by atoms with E-state index in [4.69, 9.17) is 33.2 Å². The standard InChI is InChI=1S/C22H24O7/c1-23-9-15-16(10-24-2)22(14-4-6-18-20(8-14)28-12-26-18)29-21(15)13-3-5-17-19(7-13)27-11-25-17/h3-8,15-16,21-22H,9-12H2,1-2H3/t15-,16-,21-,22+/m1/s1. The molecule has 0 aliphatic carbocycles. The van der Waals surface area contributed by atoms with Crippen LogP contribution in [-0.2, 0) is 14.2 Å². The number of hydrogen-bond acceptors (Lipinski definition) is 7. The largest absolute Gasteiger partial charge is 0.454 e. The summed E-state index contributed by atoms with van der Waals surface area (Å²) in [5.41, 5.74) is 2.08. The van der Waals surface area contributed by atoms with E-state index < -0.39 is 0 Å². The third kappa shape index (κ3) is 3.29. The number of methoxy groups -OCH3 is 2. The van der Waals surface area contributed by atoms with E-state index in [1.807, 2.05) is 36.4 Å². The Morgan fingerprint density at radius 3 is 1.59 bits per heavy atom. The molecule has 2 aromatic rings. The highest BCUT2D eigenvalue weighted by Gasteiger charge is 2.46. The van der Waals surface area contributed by atoms with Crippen LogP contribution in [0, 0.1) is 11.8 Å². The minimum Gasteiger partial charge on any atom is -0.454 e. The van der Waals surface area contributed by atoms with Crippen LogP contribution in [0.4, 0.5) is 0 Å². The molecule has 29 heavy (non-hydrogen) atoms. The van der Waals surface area contributed by atoms with Crippen molar-refractivity contribution in [1.82, 2.24) is 0 Å². The van der Waals surface area contributed by atoms with Gasteiger partial charge in [0.25, 0.3) is 0 Å². The second-order valence-electron chi connectivity index (χ2n) is 7.44. The van der Waals surface area contributed by atoms with Crippen molar-refractivity contribution in [3.63, 3.8) is 0 Å². The van der Waals surface area contributed by atoms with E-state index in [-0.39, 0.29) is 37.6 Å². The van der Waals surface area contributed by atoms with Gasteiger partial charge in [-0.2, -0.15) is 0 Å². The summed E-state index contributed by atoms with van der Waals surface area (Å²) >= 11 is 0. The first-order valence-electron chi connectivity index (χ1n) is 9.71. The third-order valence-electron chi connectivity index (χ3n) is 5.79. The molecule has 0 unspecified atom stereocenters. The number of hydrogen-bond donors (Lipinski definition) is 0. The lowest BCUT2D eigenvalue weighted by Crippen LogP contribution is -2.25. The Morgan fingerprint density at radius 2 is 1.14 bits per heavy atom. The molecular weight excluding hydrogens is 376 g/mol. The van der Waals surface area contributed by atoms with Gasteiger partial charge in [-0.3, -0.25) is 0 Å². The van der Waals surface area contributed by atoms with Gasteiger partial charge in [-0.25, -0.2) is 0 Å². The molecular formula is C22H24O7. The van der Waals surface area contributed by atoms with Gasteiger partial charge in [-0.05, 0) is 35.4 Å². The molecule has 2 aromatic carbocycles. The van der Waals surface area contributed by atoms with Crippen molar-refractivity contribution in [2.45, 2.75) is 12.2 Å². The lowest BCUT2D eigenvalue weighted by molar-refractivity contribution is 0.0144. The van der Waals surface area contributed by atoms with Crippen LogP contribution in [0.1, 0.15) is 23.3 Å². The molecule has 7 heteroatoms. The predicted octanol–water partition coefficient (Wildman–Crippen LogP) is 3.48. The lowest BCUT2D eigenvalue weighted by Gasteiger charge is -2.23. The Hall–Kier alpha value is -2.48. The average molecular weight is 400 g/mol. The fraction of sp³-hybridized carbons (Fsp3) is 0.455. The van der Waals surface area contributed by atoms with E-state index in [1.54, 1.807) is 14.2 Å². The Labute approximate surface area is 169 Å². The SMILES string of the molecule is COC[C@@H]1[C@@H](COC)[C@H](c2ccc3c(c2)OCO3)O[C@@H]1c1ccc2c(c1)OCO2. The van der Waals surface area contributed by atoms with Crippen LogP contribution in [0.3, 0.4) is 0 Å². The van der Waals surface area contributed by atoms with Gasteiger partial charge >= 0.3 is 0 Å². The molecule has 0 N–H and O–H groups in total. The predicted molar refractivity (Wildman–Crippen MR) is 102 cm³/mol. The van der Waals surface area contributed by atoms with E-state index in [1.165, 1.54) is 0 Å². The van der Waals surface area contributed by atoms with Gasteiger partial charge in [0, 0.05) is 26.1 Å². The van der Waals surface area contributed by atoms with Crippen LogP contribution in [0.25, 0.3) is 0 Å². The van der Waals surface area contributed by atoms with E-state index in [9.17, 15) is 0 Å². The average Bonchev–Trinajstić information content (AvgIpc) is 3.46. The van der Waals surface area contributed by atoms with Crippen molar-refractivity contribution in [2.75, 3.05) is 41.0 Å². The summed E-state index contributed by atoms with van der Waals surface area (Å²) in [5.74, 6) is 3.26. The Balaban J connectivity index is 1.50. The molecule has 3 heterocycles. The van der Waals surface area contributed by atoms with Gasteiger partial charge in [0.1, 0.15) is 0 Å². The van der Waals surface area contributed by atoms with Gasteiger partial charge in [0.15, 0.2) is 23.0 Å². The first-order chi connectivity index (χ1) is 14.3. The second-order valence-corrected chi connectivity index (χ2v) is 7.44. The van der Waals surface area contributed by atoms with Crippen molar-refractivity contribution in [3.8, 4) is 23.0 Å². The molecule has 0 bridgehead atoms. The molecule has 1 fully saturated rings. The van der Waals surface area contributed by atoms with Gasteiger partial charge < -0.3 is 33.2 Å². The molecule has 5 rings (SSSR count). The monoisotopic (exact) mass is 400 g/mol. The minimum atomic E-state index is -0.153. The zero-order chi connectivity index (χ0) is 19.8. The first-order valence-corrected chi connectivity index (χ1v) is 9.71. The third-order valence-corrected chi connectivity index (χ3v) is 5.79. The Morgan fingerprint density at radius 1 is 0.690 bits per heavy atom. The summed E-state index contributed by atoms with van der Waals surface area (Å²) in [4.78, 5) is 0. The summed E-state index contributed by atoms with van der Waals surface area (Å²) in [6.45, 7) is 1.62. The molecule has 0 spiro atoms. The van der Waals surface area contributed by atoms with Crippen LogP contribution in [0.5, 0.6) is 23.0 Å². The van der Waals surface area contributed by atoms with Gasteiger partial charge in [0.05, 0.1) is 25.4 Å². The topological polar surface area (TPSA) is 64.6 Å². The van der Waals surface area contributed by atoms with Crippen molar-refractivity contribution < 1.29 is 33.2 Å². The molecule has 154 valence electrons. The van der Waals surface area contributed by atoms with Crippen LogP contribution < -0.4 is 18.9 Å². The minimum absolute atomic E-state index is 0.121. The van der Waals surface area contributed by atoms with Crippen LogP contribution in [0.2, 0.25) is 0 Å². The number of benzene rings is 2. The zero-order valence-electron chi connectivity index (χ0n) is 16.5. The fourth-order valence-corrected chi connectivity index (χ4v) is 4.45. The molecule has 7 nitrogen and oxygen atoms in total. The summed E-state index contributed by atoms with van der Waals surface area (Å²) < 4.78 is 39.8. The van der Waals surface area contributed by atoms with E-state index >= 15 is 0 Å². The van der Waals surface area contributed by atoms with Crippen LogP contribution in [0.15, 0.2) is 36.4 Å². The lowest BCUT2D eigenvalue weighted by atomic mass is 9.83. The maximum Gasteiger partial charge on any atom is 0.231 e. The molecule has 3 aliphatic heterocycles. The highest BCUT2D eigenvalue weighted by molar-refractivity contribution is 5.47. The molecule has 0 radical (unpaired) electrons. The second kappa shape index (κ2) is 7.74. The summed E-state index contributed by atoms with van der Waals surface area (Å²) in [7, 11) is 3.43. The zero-order valence-corrected chi connectivity index (χ0v) is 16.5. The summed E-state index contributed by atoms with van der Waals surface area (Å²) in [6, 6.07) is 11.9. The van der Waals surface area contributed by atoms with Gasteiger partial charge in [-0.1, -0.05) is 12.1 Å². The van der Waals surface area contributed by atoms with E-state index in [0.717, 1.165) is 34.1 Å². The highest BCUT2D eigenvalue weighted by Crippen LogP contribution is 2.51. The van der Waals surface area contributed by atoms with Crippen LogP contribution in [-0.4, -0.2) is 41.0 Å². The Kier molecular flexibility index (Phi) is 4.95. The quantitative estimate of drug-likeness (QED) is 0.736. The molecule has 3 aliphatic rings.